The molecule has 0 unspecified atom stereocenters. The average molecular weight is 534 g/mol. The molecule has 0 radical (unpaired) electrons. The molecule has 0 spiro atoms. The third kappa shape index (κ3) is 3.45. The van der Waals surface area contributed by atoms with Gasteiger partial charge in [0.2, 0.25) is 0 Å². The monoisotopic (exact) mass is 534 g/mol. The van der Waals surface area contributed by atoms with E-state index in [0.717, 1.165) is 11.3 Å². The highest BCUT2D eigenvalue weighted by Gasteiger charge is 2.93. The van der Waals surface area contributed by atoms with Crippen molar-refractivity contribution in [2.24, 2.45) is 0 Å². The van der Waals surface area contributed by atoms with E-state index in [0.29, 0.717) is 6.07 Å². The Morgan fingerprint density at radius 3 is 1.41 bits per heavy atom. The normalized spacial score (nSPS) is 15.3. The van der Waals surface area contributed by atoms with Gasteiger partial charge in [0.05, 0.1) is 4.88 Å². The molecule has 0 atom stereocenters. The van der Waals surface area contributed by atoms with Crippen LogP contribution in [-0.4, -0.2) is 35.8 Å². The summed E-state index contributed by atoms with van der Waals surface area (Å²) < 4.78 is 199. The molecule has 17 heteroatoms. The predicted molar refractivity (Wildman–Crippen MR) is 82.3 cm³/mol. The van der Waals surface area contributed by atoms with Crippen LogP contribution in [0, 0.1) is 0 Å². The molecule has 0 fully saturated rings. The third-order valence-corrected chi connectivity index (χ3v) is 6.23. The second-order valence-corrected chi connectivity index (χ2v) is 8.12. The summed E-state index contributed by atoms with van der Waals surface area (Å²) in [6.45, 7) is 0. The minimum absolute atomic E-state index is 0.0598. The molecule has 0 saturated heterocycles. The van der Waals surface area contributed by atoms with Crippen LogP contribution in [0.2, 0.25) is 0 Å². The van der Waals surface area contributed by atoms with Gasteiger partial charge in [-0.2, -0.15) is 65.9 Å². The van der Waals surface area contributed by atoms with E-state index in [1.165, 1.54) is 17.5 Å². The smallest absolute Gasteiger partial charge is 0.193 e. The largest absolute Gasteiger partial charge is 0.460 e. The summed E-state index contributed by atoms with van der Waals surface area (Å²) in [6, 6.07) is 3.33. The molecule has 2 aromatic rings. The van der Waals surface area contributed by atoms with E-state index in [1.807, 2.05) is 0 Å². The Bertz CT molecular complexity index is 936. The summed E-state index contributed by atoms with van der Waals surface area (Å²) in [4.78, 5) is -2.21. The maximum absolute atomic E-state index is 14.1. The summed E-state index contributed by atoms with van der Waals surface area (Å²) in [5.74, 6) is -46.5. The van der Waals surface area contributed by atoms with Crippen molar-refractivity contribution in [3.63, 3.8) is 0 Å². The molecule has 0 aromatic carbocycles. The fourth-order valence-electron chi connectivity index (χ4n) is 2.18. The van der Waals surface area contributed by atoms with Crippen molar-refractivity contribution < 1.29 is 65.9 Å². The highest BCUT2D eigenvalue weighted by atomic mass is 32.1. The zero-order valence-electron chi connectivity index (χ0n) is 14.4. The highest BCUT2D eigenvalue weighted by molar-refractivity contribution is 7.21. The van der Waals surface area contributed by atoms with Gasteiger partial charge in [0.25, 0.3) is 0 Å². The number of rotatable bonds is 7. The van der Waals surface area contributed by atoms with Crippen molar-refractivity contribution in [1.29, 1.82) is 0 Å². The van der Waals surface area contributed by atoms with Crippen molar-refractivity contribution in [1.82, 2.24) is 0 Å². The van der Waals surface area contributed by atoms with Gasteiger partial charge in [-0.25, -0.2) is 0 Å². The fourth-order valence-corrected chi connectivity index (χ4v) is 4.03. The Labute approximate surface area is 175 Å². The minimum atomic E-state index is -8.28. The molecule has 0 saturated carbocycles. The fraction of sp³-hybridized carbons (Fsp3) is 0.467. The van der Waals surface area contributed by atoms with Crippen LogP contribution in [0.4, 0.5) is 65.9 Å². The molecule has 0 nitrogen and oxygen atoms in total. The molecule has 0 bridgehead atoms. The lowest BCUT2D eigenvalue weighted by Gasteiger charge is -2.41. The SMILES string of the molecule is FC(F)(F)C(F)(F)C(F)(F)C(F)(F)C(F)(F)C(F)(F)C(F)(F)c1ccc(-c2cccs2)s1. The number of alkyl halides is 15. The second-order valence-electron chi connectivity index (χ2n) is 6.09. The lowest BCUT2D eigenvalue weighted by atomic mass is 9.90. The predicted octanol–water partition coefficient (Wildman–Crippen LogP) is 8.31. The van der Waals surface area contributed by atoms with E-state index < -0.39 is 46.6 Å². The van der Waals surface area contributed by atoms with Gasteiger partial charge in [-0.3, -0.25) is 0 Å². The van der Waals surface area contributed by atoms with Gasteiger partial charge in [0.1, 0.15) is 0 Å². The van der Waals surface area contributed by atoms with Crippen LogP contribution in [0.3, 0.4) is 0 Å². The quantitative estimate of drug-likeness (QED) is 0.314. The Kier molecular flexibility index (Phi) is 6.18. The molecule has 2 rings (SSSR count). The molecule has 2 heterocycles. The van der Waals surface area contributed by atoms with Gasteiger partial charge >= 0.3 is 41.7 Å². The van der Waals surface area contributed by atoms with E-state index in [-0.39, 0.29) is 27.2 Å². The number of hydrogen-bond donors (Lipinski definition) is 0. The van der Waals surface area contributed by atoms with Crippen LogP contribution in [0.5, 0.6) is 0 Å². The zero-order valence-corrected chi connectivity index (χ0v) is 16.0. The molecule has 2 aromatic heterocycles. The highest BCUT2D eigenvalue weighted by Crippen LogP contribution is 2.64. The molecule has 0 aliphatic carbocycles. The van der Waals surface area contributed by atoms with E-state index >= 15 is 0 Å². The van der Waals surface area contributed by atoms with Gasteiger partial charge in [-0.15, -0.1) is 22.7 Å². The Morgan fingerprint density at radius 1 is 0.500 bits per heavy atom. The maximum Gasteiger partial charge on any atom is 0.460 e. The van der Waals surface area contributed by atoms with E-state index in [2.05, 4.69) is 0 Å². The Morgan fingerprint density at radius 2 is 0.969 bits per heavy atom. The van der Waals surface area contributed by atoms with E-state index in [4.69, 9.17) is 0 Å². The summed E-state index contributed by atoms with van der Waals surface area (Å²) >= 11 is 0.501. The molecule has 182 valence electrons. The molecule has 32 heavy (non-hydrogen) atoms. The van der Waals surface area contributed by atoms with Crippen molar-refractivity contribution in [3.8, 4) is 9.75 Å². The third-order valence-electron chi connectivity index (χ3n) is 4.01. The number of hydrogen-bond acceptors (Lipinski definition) is 2. The van der Waals surface area contributed by atoms with Gasteiger partial charge in [0, 0.05) is 9.75 Å². The molecular formula is C15H5F15S2. The zero-order chi connectivity index (χ0) is 25.2. The van der Waals surface area contributed by atoms with Gasteiger partial charge < -0.3 is 0 Å². The summed E-state index contributed by atoms with van der Waals surface area (Å²) in [5, 5.41) is 1.37. The summed E-state index contributed by atoms with van der Waals surface area (Å²) in [5.41, 5.74) is 0. The van der Waals surface area contributed by atoms with Gasteiger partial charge in [-0.05, 0) is 23.6 Å². The first-order valence-corrected chi connectivity index (χ1v) is 9.24. The van der Waals surface area contributed by atoms with E-state index in [1.54, 1.807) is 0 Å². The molecular weight excluding hydrogens is 529 g/mol. The summed E-state index contributed by atoms with van der Waals surface area (Å²) in [7, 11) is 0. The first-order valence-electron chi connectivity index (χ1n) is 7.55. The van der Waals surface area contributed by atoms with Crippen LogP contribution in [0.1, 0.15) is 4.88 Å². The maximum atomic E-state index is 14.1. The first kappa shape index (κ1) is 26.6. The number of halogens is 15. The minimum Gasteiger partial charge on any atom is -0.193 e. The topological polar surface area (TPSA) is 0 Å². The van der Waals surface area contributed by atoms with Crippen molar-refractivity contribution in [2.45, 2.75) is 41.7 Å². The van der Waals surface area contributed by atoms with Crippen LogP contribution in [-0.2, 0) is 5.92 Å². The Hall–Kier alpha value is -1.65. The average Bonchev–Trinajstić information content (AvgIpc) is 3.31. The lowest BCUT2D eigenvalue weighted by Crippen LogP contribution is -2.72. The van der Waals surface area contributed by atoms with Crippen LogP contribution in [0.15, 0.2) is 29.6 Å². The standard InChI is InChI=1S/C15H5F15S2/c16-9(17,8-4-3-7(32-8)6-2-1-5-31-6)10(18,19)11(20,21)12(22,23)13(24,25)14(26,27)15(28,29)30/h1-5H. The van der Waals surface area contributed by atoms with Crippen molar-refractivity contribution >= 4 is 22.7 Å². The second kappa shape index (κ2) is 7.43. The van der Waals surface area contributed by atoms with Crippen LogP contribution in [0.25, 0.3) is 9.75 Å². The van der Waals surface area contributed by atoms with Crippen molar-refractivity contribution in [2.75, 3.05) is 0 Å². The first-order chi connectivity index (χ1) is 14.1. The molecule has 0 N–H and O–H groups in total. The number of thiophene rings is 2. The molecule has 0 amide bonds. The van der Waals surface area contributed by atoms with Crippen LogP contribution >= 0.6 is 22.7 Å². The van der Waals surface area contributed by atoms with Crippen molar-refractivity contribution in [3.05, 3.63) is 34.5 Å². The van der Waals surface area contributed by atoms with E-state index in [9.17, 15) is 65.9 Å². The van der Waals surface area contributed by atoms with Gasteiger partial charge in [0.15, 0.2) is 0 Å². The van der Waals surface area contributed by atoms with Gasteiger partial charge in [-0.1, -0.05) is 6.07 Å². The summed E-state index contributed by atoms with van der Waals surface area (Å²) in [6.07, 6.45) is -7.61. The molecule has 0 aliphatic rings. The van der Waals surface area contributed by atoms with Crippen LogP contribution < -0.4 is 0 Å². The Balaban J connectivity index is 2.57. The lowest BCUT2D eigenvalue weighted by molar-refractivity contribution is -0.453. The molecule has 0 aliphatic heterocycles.